The average Bonchev–Trinajstić information content (AvgIpc) is 2.31. The van der Waals surface area contributed by atoms with E-state index in [0.717, 1.165) is 0 Å². The van der Waals surface area contributed by atoms with Gasteiger partial charge in [-0.2, -0.15) is 0 Å². The van der Waals surface area contributed by atoms with Crippen LogP contribution in [0.4, 0.5) is 0 Å². The second-order valence-electron chi connectivity index (χ2n) is 3.76. The van der Waals surface area contributed by atoms with Crippen LogP contribution in [0.1, 0.15) is 13.8 Å². The molecule has 16 heavy (non-hydrogen) atoms. The Morgan fingerprint density at radius 1 is 1.38 bits per heavy atom. The third-order valence-corrected chi connectivity index (χ3v) is 2.89. The SMILES string of the molecule is COC1(C)OCC(CN=[N+]=[N-])OC1(C)OC. The van der Waals surface area contributed by atoms with Crippen molar-refractivity contribution >= 4 is 0 Å². The van der Waals surface area contributed by atoms with E-state index < -0.39 is 11.6 Å². The number of azide groups is 1. The molecule has 1 heterocycles. The number of ether oxygens (including phenoxy) is 4. The van der Waals surface area contributed by atoms with Crippen LogP contribution in [0.25, 0.3) is 10.4 Å². The summed E-state index contributed by atoms with van der Waals surface area (Å²) >= 11 is 0. The molecule has 7 heteroatoms. The molecule has 0 spiro atoms. The average molecular weight is 231 g/mol. The van der Waals surface area contributed by atoms with E-state index in [9.17, 15) is 0 Å². The summed E-state index contributed by atoms with van der Waals surface area (Å²) < 4.78 is 21.8. The summed E-state index contributed by atoms with van der Waals surface area (Å²) in [5, 5.41) is 3.45. The molecule has 3 unspecified atom stereocenters. The van der Waals surface area contributed by atoms with Crippen molar-refractivity contribution in [1.82, 2.24) is 0 Å². The van der Waals surface area contributed by atoms with Crippen LogP contribution in [-0.2, 0) is 18.9 Å². The second-order valence-corrected chi connectivity index (χ2v) is 3.76. The minimum absolute atomic E-state index is 0.204. The predicted octanol–water partition coefficient (Wildman–Crippen LogP) is 1.44. The number of rotatable bonds is 4. The lowest BCUT2D eigenvalue weighted by Crippen LogP contribution is -2.62. The molecule has 0 amide bonds. The minimum atomic E-state index is -1.03. The van der Waals surface area contributed by atoms with E-state index in [4.69, 9.17) is 24.5 Å². The van der Waals surface area contributed by atoms with E-state index in [1.54, 1.807) is 13.8 Å². The lowest BCUT2D eigenvalue weighted by atomic mass is 10.1. The van der Waals surface area contributed by atoms with Gasteiger partial charge in [0.1, 0.15) is 0 Å². The molecule has 0 N–H and O–H groups in total. The van der Waals surface area contributed by atoms with Gasteiger partial charge in [0, 0.05) is 19.1 Å². The lowest BCUT2D eigenvalue weighted by Gasteiger charge is -2.48. The van der Waals surface area contributed by atoms with Crippen LogP contribution in [-0.4, -0.2) is 45.0 Å². The first-order chi connectivity index (χ1) is 7.51. The van der Waals surface area contributed by atoms with E-state index in [2.05, 4.69) is 10.0 Å². The van der Waals surface area contributed by atoms with E-state index >= 15 is 0 Å². The fourth-order valence-corrected chi connectivity index (χ4v) is 1.54. The lowest BCUT2D eigenvalue weighted by molar-refractivity contribution is -0.429. The monoisotopic (exact) mass is 231 g/mol. The summed E-state index contributed by atoms with van der Waals surface area (Å²) in [6.45, 7) is 3.95. The summed E-state index contributed by atoms with van der Waals surface area (Å²) in [7, 11) is 3.03. The van der Waals surface area contributed by atoms with E-state index in [-0.39, 0.29) is 12.6 Å². The summed E-state index contributed by atoms with van der Waals surface area (Å²) in [4.78, 5) is 2.68. The van der Waals surface area contributed by atoms with Gasteiger partial charge in [-0.1, -0.05) is 5.11 Å². The summed E-state index contributed by atoms with van der Waals surface area (Å²) in [5.41, 5.74) is 8.24. The molecule has 1 fully saturated rings. The zero-order valence-corrected chi connectivity index (χ0v) is 9.97. The topological polar surface area (TPSA) is 85.7 Å². The van der Waals surface area contributed by atoms with E-state index in [0.29, 0.717) is 6.61 Å². The van der Waals surface area contributed by atoms with Gasteiger partial charge in [0.05, 0.1) is 19.3 Å². The molecule has 1 rings (SSSR count). The molecule has 0 aromatic carbocycles. The van der Waals surface area contributed by atoms with Crippen molar-refractivity contribution in [2.45, 2.75) is 31.5 Å². The van der Waals surface area contributed by atoms with Crippen molar-refractivity contribution in [3.63, 3.8) is 0 Å². The highest BCUT2D eigenvalue weighted by atomic mass is 16.8. The van der Waals surface area contributed by atoms with Gasteiger partial charge in [0.25, 0.3) is 0 Å². The molecule has 1 aliphatic rings. The molecule has 0 saturated carbocycles. The number of nitrogens with zero attached hydrogens (tertiary/aromatic N) is 3. The molecular weight excluding hydrogens is 214 g/mol. The maximum absolute atomic E-state index is 8.24. The third-order valence-electron chi connectivity index (χ3n) is 2.89. The maximum atomic E-state index is 8.24. The van der Waals surface area contributed by atoms with Crippen LogP contribution < -0.4 is 0 Å². The maximum Gasteiger partial charge on any atom is 0.220 e. The molecule has 1 aliphatic heterocycles. The predicted molar refractivity (Wildman–Crippen MR) is 55.7 cm³/mol. The van der Waals surface area contributed by atoms with E-state index in [1.807, 2.05) is 0 Å². The Morgan fingerprint density at radius 3 is 2.50 bits per heavy atom. The normalized spacial score (nSPS) is 39.1. The Bertz CT molecular complexity index is 294. The highest BCUT2D eigenvalue weighted by Crippen LogP contribution is 2.36. The minimum Gasteiger partial charge on any atom is -0.349 e. The molecule has 0 bridgehead atoms. The van der Waals surface area contributed by atoms with Gasteiger partial charge >= 0.3 is 0 Å². The standard InChI is InChI=1S/C9H17N3O4/c1-8(13-3)9(2,14-4)16-7(6-15-8)5-11-12-10/h7H,5-6H2,1-4H3. The van der Waals surface area contributed by atoms with Crippen LogP contribution in [0.3, 0.4) is 0 Å². The third kappa shape index (κ3) is 2.28. The van der Waals surface area contributed by atoms with Crippen molar-refractivity contribution < 1.29 is 18.9 Å². The molecule has 0 radical (unpaired) electrons. The van der Waals surface area contributed by atoms with Crippen molar-refractivity contribution in [1.29, 1.82) is 0 Å². The number of hydrogen-bond acceptors (Lipinski definition) is 5. The molecule has 0 aromatic heterocycles. The van der Waals surface area contributed by atoms with Crippen LogP contribution in [0.2, 0.25) is 0 Å². The zero-order valence-electron chi connectivity index (χ0n) is 9.97. The molecule has 1 saturated heterocycles. The van der Waals surface area contributed by atoms with Crippen LogP contribution in [0.15, 0.2) is 5.11 Å². The molecular formula is C9H17N3O4. The Kier molecular flexibility index (Phi) is 4.12. The first-order valence-electron chi connectivity index (χ1n) is 4.94. The molecule has 0 aliphatic carbocycles. The highest BCUT2D eigenvalue weighted by Gasteiger charge is 2.53. The van der Waals surface area contributed by atoms with Crippen molar-refractivity contribution in [2.75, 3.05) is 27.4 Å². The largest absolute Gasteiger partial charge is 0.349 e. The fraction of sp³-hybridized carbons (Fsp3) is 1.00. The molecule has 7 nitrogen and oxygen atoms in total. The Hall–Kier alpha value is -0.850. The van der Waals surface area contributed by atoms with Crippen molar-refractivity contribution in [2.24, 2.45) is 5.11 Å². The van der Waals surface area contributed by atoms with Gasteiger partial charge in [-0.15, -0.1) is 0 Å². The van der Waals surface area contributed by atoms with Crippen LogP contribution in [0, 0.1) is 0 Å². The van der Waals surface area contributed by atoms with Gasteiger partial charge in [0.15, 0.2) is 0 Å². The Labute approximate surface area is 94.2 Å². The summed E-state index contributed by atoms with van der Waals surface area (Å²) in [6.07, 6.45) is -0.330. The highest BCUT2D eigenvalue weighted by molar-refractivity contribution is 4.87. The fourth-order valence-electron chi connectivity index (χ4n) is 1.54. The van der Waals surface area contributed by atoms with Crippen LogP contribution >= 0.6 is 0 Å². The first kappa shape index (κ1) is 13.2. The quantitative estimate of drug-likeness (QED) is 0.416. The first-order valence-corrected chi connectivity index (χ1v) is 4.94. The zero-order chi connectivity index (χ0) is 12.2. The Balaban J connectivity index is 2.77. The molecule has 0 aromatic rings. The van der Waals surface area contributed by atoms with Gasteiger partial charge in [-0.25, -0.2) is 0 Å². The molecule has 92 valence electrons. The smallest absolute Gasteiger partial charge is 0.220 e. The van der Waals surface area contributed by atoms with Gasteiger partial charge in [-0.05, 0) is 19.4 Å². The number of methoxy groups -OCH3 is 2. The number of hydrogen-bond donors (Lipinski definition) is 0. The summed E-state index contributed by atoms with van der Waals surface area (Å²) in [5.74, 6) is -2.01. The second kappa shape index (κ2) is 4.99. The van der Waals surface area contributed by atoms with Gasteiger partial charge < -0.3 is 18.9 Å². The summed E-state index contributed by atoms with van der Waals surface area (Å²) in [6, 6.07) is 0. The van der Waals surface area contributed by atoms with E-state index in [1.165, 1.54) is 14.2 Å². The van der Waals surface area contributed by atoms with Crippen LogP contribution in [0.5, 0.6) is 0 Å². The van der Waals surface area contributed by atoms with Gasteiger partial charge in [0.2, 0.25) is 11.6 Å². The Morgan fingerprint density at radius 2 is 2.00 bits per heavy atom. The van der Waals surface area contributed by atoms with Crippen molar-refractivity contribution in [3.8, 4) is 0 Å². The van der Waals surface area contributed by atoms with Gasteiger partial charge in [-0.3, -0.25) is 0 Å². The molecule has 3 atom stereocenters. The van der Waals surface area contributed by atoms with Crippen molar-refractivity contribution in [3.05, 3.63) is 10.4 Å².